The van der Waals surface area contributed by atoms with Gasteiger partial charge in [-0.2, -0.15) is 23.4 Å². The van der Waals surface area contributed by atoms with Gasteiger partial charge in [0.25, 0.3) is 5.91 Å². The number of hydrogen-bond acceptors (Lipinski definition) is 6. The van der Waals surface area contributed by atoms with Crippen LogP contribution in [0.25, 0.3) is 28.2 Å². The predicted octanol–water partition coefficient (Wildman–Crippen LogP) is 4.29. The van der Waals surface area contributed by atoms with Crippen LogP contribution in [0, 0.1) is 0 Å². The highest BCUT2D eigenvalue weighted by Crippen LogP contribution is 2.31. The van der Waals surface area contributed by atoms with E-state index < -0.39 is 39.0 Å². The molecule has 0 spiro atoms. The molecule has 1 amide bonds. The van der Waals surface area contributed by atoms with Crippen LogP contribution in [0.5, 0.6) is 0 Å². The van der Waals surface area contributed by atoms with Crippen molar-refractivity contribution in [1.82, 2.24) is 25.0 Å². The second-order valence-corrected chi connectivity index (χ2v) is 10.7. The molecule has 204 valence electrons. The van der Waals surface area contributed by atoms with E-state index in [1.165, 1.54) is 36.4 Å². The normalized spacial score (nSPS) is 11.9. The Morgan fingerprint density at radius 3 is 2.33 bits per heavy atom. The first kappa shape index (κ1) is 26.6. The van der Waals surface area contributed by atoms with Crippen molar-refractivity contribution in [2.75, 3.05) is 11.6 Å². The highest BCUT2D eigenvalue weighted by Gasteiger charge is 2.36. The molecule has 0 saturated heterocycles. The van der Waals surface area contributed by atoms with Crippen LogP contribution in [-0.4, -0.2) is 45.5 Å². The fourth-order valence-electron chi connectivity index (χ4n) is 4.03. The molecule has 0 aliphatic carbocycles. The number of benzene rings is 3. The third kappa shape index (κ3) is 5.42. The van der Waals surface area contributed by atoms with Gasteiger partial charge in [-0.3, -0.25) is 9.78 Å². The molecule has 0 radical (unpaired) electrons. The number of alkyl halides is 3. The van der Waals surface area contributed by atoms with E-state index in [0.717, 1.165) is 10.9 Å². The predicted molar refractivity (Wildman–Crippen MR) is 140 cm³/mol. The quantitative estimate of drug-likeness (QED) is 0.279. The molecular formula is C26H19F3N6O4S. The van der Waals surface area contributed by atoms with Crippen LogP contribution in [0.1, 0.15) is 16.2 Å². The maximum absolute atomic E-state index is 13.6. The number of nitrogens with one attached hydrogen (secondary N) is 3. The molecule has 3 aromatic carbocycles. The average Bonchev–Trinajstić information content (AvgIpc) is 3.56. The number of H-pyrrole nitrogens is 2. The van der Waals surface area contributed by atoms with E-state index in [9.17, 15) is 31.2 Å². The van der Waals surface area contributed by atoms with E-state index in [1.54, 1.807) is 36.4 Å². The smallest absolute Gasteiger partial charge is 0.321 e. The van der Waals surface area contributed by atoms with E-state index in [2.05, 4.69) is 25.6 Å². The van der Waals surface area contributed by atoms with Crippen LogP contribution in [-0.2, 0) is 16.0 Å². The summed E-state index contributed by atoms with van der Waals surface area (Å²) < 4.78 is 65.8. The topological polar surface area (TPSA) is 143 Å². The van der Waals surface area contributed by atoms with E-state index in [-0.39, 0.29) is 22.1 Å². The summed E-state index contributed by atoms with van der Waals surface area (Å²) in [7, 11) is -3.50. The Hall–Kier alpha value is -4.98. The maximum atomic E-state index is 13.6. The SMILES string of the molecule is CS(=O)(=O)c1ccccc1-c1ccc(NC(=O)c2cc(C(F)(F)F)nn2-c2cccc(-c3n[nH]c(=O)[nH]3)c2)cc1. The number of amides is 1. The van der Waals surface area contributed by atoms with Gasteiger partial charge < -0.3 is 5.32 Å². The van der Waals surface area contributed by atoms with Gasteiger partial charge in [-0.1, -0.05) is 42.5 Å². The summed E-state index contributed by atoms with van der Waals surface area (Å²) in [4.78, 5) is 27.2. The van der Waals surface area contributed by atoms with Gasteiger partial charge in [0.1, 0.15) is 5.69 Å². The number of aromatic amines is 2. The maximum Gasteiger partial charge on any atom is 0.435 e. The lowest BCUT2D eigenvalue weighted by Gasteiger charge is -2.11. The van der Waals surface area contributed by atoms with Gasteiger partial charge in [0.2, 0.25) is 0 Å². The van der Waals surface area contributed by atoms with E-state index in [4.69, 9.17) is 0 Å². The first-order valence-corrected chi connectivity index (χ1v) is 13.4. The lowest BCUT2D eigenvalue weighted by molar-refractivity contribution is -0.141. The van der Waals surface area contributed by atoms with Crippen LogP contribution < -0.4 is 11.0 Å². The Kier molecular flexibility index (Phi) is 6.63. The number of rotatable bonds is 6. The van der Waals surface area contributed by atoms with Crippen molar-refractivity contribution in [3.05, 3.63) is 101 Å². The van der Waals surface area contributed by atoms with Gasteiger partial charge in [0, 0.05) is 29.1 Å². The molecule has 5 aromatic rings. The zero-order valence-corrected chi connectivity index (χ0v) is 21.3. The van der Waals surface area contributed by atoms with Crippen molar-refractivity contribution in [2.24, 2.45) is 0 Å². The number of carbonyl (C=O) groups is 1. The van der Waals surface area contributed by atoms with Crippen LogP contribution in [0.3, 0.4) is 0 Å². The molecule has 40 heavy (non-hydrogen) atoms. The molecular weight excluding hydrogens is 549 g/mol. The first-order chi connectivity index (χ1) is 18.9. The number of sulfone groups is 1. The van der Waals surface area contributed by atoms with Gasteiger partial charge in [-0.15, -0.1) is 0 Å². The first-order valence-electron chi connectivity index (χ1n) is 11.5. The number of halogens is 3. The molecule has 0 saturated carbocycles. The Labute approximate surface area is 224 Å². The second kappa shape index (κ2) is 9.96. The molecule has 0 aliphatic rings. The largest absolute Gasteiger partial charge is 0.435 e. The summed E-state index contributed by atoms with van der Waals surface area (Å²) in [6, 6.07) is 19.2. The molecule has 0 aliphatic heterocycles. The summed E-state index contributed by atoms with van der Waals surface area (Å²) >= 11 is 0. The summed E-state index contributed by atoms with van der Waals surface area (Å²) in [5.41, 5.74) is -0.452. The van der Waals surface area contributed by atoms with Crippen molar-refractivity contribution in [3.63, 3.8) is 0 Å². The number of aromatic nitrogens is 5. The molecule has 14 heteroatoms. The Balaban J connectivity index is 1.48. The molecule has 5 rings (SSSR count). The third-order valence-corrected chi connectivity index (χ3v) is 6.99. The summed E-state index contributed by atoms with van der Waals surface area (Å²) in [5, 5.41) is 12.2. The molecule has 0 fully saturated rings. The van der Waals surface area contributed by atoms with Gasteiger partial charge in [0.15, 0.2) is 21.4 Å². The van der Waals surface area contributed by atoms with E-state index in [0.29, 0.717) is 22.8 Å². The van der Waals surface area contributed by atoms with Crippen molar-refractivity contribution in [1.29, 1.82) is 0 Å². The lowest BCUT2D eigenvalue weighted by Crippen LogP contribution is -2.17. The Bertz CT molecular complexity index is 1890. The summed E-state index contributed by atoms with van der Waals surface area (Å²) in [6.45, 7) is 0. The lowest BCUT2D eigenvalue weighted by atomic mass is 10.1. The molecule has 0 atom stereocenters. The zero-order chi connectivity index (χ0) is 28.7. The van der Waals surface area contributed by atoms with Gasteiger partial charge in [0.05, 0.1) is 10.6 Å². The fourth-order valence-corrected chi connectivity index (χ4v) is 4.94. The van der Waals surface area contributed by atoms with E-state index in [1.807, 2.05) is 0 Å². The minimum absolute atomic E-state index is 0.120. The fraction of sp³-hybridized carbons (Fsp3) is 0.0769. The van der Waals surface area contributed by atoms with Crippen molar-refractivity contribution >= 4 is 21.4 Å². The summed E-state index contributed by atoms with van der Waals surface area (Å²) in [5.74, 6) is -0.718. The van der Waals surface area contributed by atoms with Gasteiger partial charge >= 0.3 is 11.9 Å². The highest BCUT2D eigenvalue weighted by molar-refractivity contribution is 7.90. The van der Waals surface area contributed by atoms with Crippen LogP contribution >= 0.6 is 0 Å². The standard InChI is InChI=1S/C26H19F3N6O4S/c1-40(38,39)21-8-3-2-7-19(21)15-9-11-17(12-10-15)30-24(36)20-14-22(26(27,28)29)34-35(20)18-6-4-5-16(13-18)23-31-25(37)33-32-23/h2-14H,1H3,(H,30,36)(H2,31,32,33,37). The minimum atomic E-state index is -4.82. The van der Waals surface area contributed by atoms with Crippen molar-refractivity contribution in [3.8, 4) is 28.2 Å². The Morgan fingerprint density at radius 2 is 1.68 bits per heavy atom. The van der Waals surface area contributed by atoms with Crippen LogP contribution in [0.4, 0.5) is 18.9 Å². The second-order valence-electron chi connectivity index (χ2n) is 8.70. The average molecular weight is 569 g/mol. The number of nitrogens with zero attached hydrogens (tertiary/aromatic N) is 3. The van der Waals surface area contributed by atoms with Crippen LogP contribution in [0.2, 0.25) is 0 Å². The molecule has 0 bridgehead atoms. The molecule has 10 nitrogen and oxygen atoms in total. The number of hydrogen-bond donors (Lipinski definition) is 3. The van der Waals surface area contributed by atoms with E-state index >= 15 is 0 Å². The Morgan fingerprint density at radius 1 is 0.950 bits per heavy atom. The minimum Gasteiger partial charge on any atom is -0.321 e. The number of carbonyl (C=O) groups excluding carboxylic acids is 1. The monoisotopic (exact) mass is 568 g/mol. The van der Waals surface area contributed by atoms with Crippen LogP contribution in [0.15, 0.2) is 88.6 Å². The number of anilines is 1. The van der Waals surface area contributed by atoms with Gasteiger partial charge in [-0.25, -0.2) is 23.0 Å². The highest BCUT2D eigenvalue weighted by atomic mass is 32.2. The van der Waals surface area contributed by atoms with Crippen molar-refractivity contribution < 1.29 is 26.4 Å². The zero-order valence-electron chi connectivity index (χ0n) is 20.5. The molecule has 0 unspecified atom stereocenters. The third-order valence-electron chi connectivity index (χ3n) is 5.84. The molecule has 2 aromatic heterocycles. The summed E-state index contributed by atoms with van der Waals surface area (Å²) in [6.07, 6.45) is -3.72. The molecule has 2 heterocycles. The van der Waals surface area contributed by atoms with Gasteiger partial charge in [-0.05, 0) is 35.9 Å². The van der Waals surface area contributed by atoms with Crippen molar-refractivity contribution in [2.45, 2.75) is 11.1 Å². The molecule has 3 N–H and O–H groups in total.